The first-order chi connectivity index (χ1) is 6.56. The molecule has 0 bridgehead atoms. The fourth-order valence-corrected chi connectivity index (χ4v) is 3.20. The number of rotatable bonds is 6. The second-order valence-corrected chi connectivity index (χ2v) is 5.95. The molecule has 0 heteroatoms. The van der Waals surface area contributed by atoms with Gasteiger partial charge in [0.2, 0.25) is 0 Å². The summed E-state index contributed by atoms with van der Waals surface area (Å²) in [5.41, 5.74) is 0. The lowest BCUT2D eigenvalue weighted by atomic mass is 9.93. The van der Waals surface area contributed by atoms with Gasteiger partial charge in [-0.3, -0.25) is 0 Å². The topological polar surface area (TPSA) is 0 Å². The molecule has 1 saturated carbocycles. The Hall–Kier alpha value is 0. The van der Waals surface area contributed by atoms with Gasteiger partial charge in [0.15, 0.2) is 0 Å². The summed E-state index contributed by atoms with van der Waals surface area (Å²) in [6.45, 7) is 11.9. The van der Waals surface area contributed by atoms with Crippen molar-refractivity contribution in [2.75, 3.05) is 0 Å². The van der Waals surface area contributed by atoms with E-state index in [0.717, 1.165) is 29.6 Å². The van der Waals surface area contributed by atoms with Crippen LogP contribution >= 0.6 is 0 Å². The molecule has 1 aliphatic carbocycles. The van der Waals surface area contributed by atoms with Gasteiger partial charge in [0, 0.05) is 0 Å². The molecule has 0 N–H and O–H groups in total. The lowest BCUT2D eigenvalue weighted by molar-refractivity contribution is 0.383. The van der Waals surface area contributed by atoms with Gasteiger partial charge in [0.25, 0.3) is 0 Å². The first-order valence-corrected chi connectivity index (χ1v) is 6.56. The van der Waals surface area contributed by atoms with E-state index in [-0.39, 0.29) is 0 Å². The summed E-state index contributed by atoms with van der Waals surface area (Å²) in [6.07, 6.45) is 5.76. The Morgan fingerprint density at radius 2 is 1.71 bits per heavy atom. The lowest BCUT2D eigenvalue weighted by Gasteiger charge is -2.13. The minimum Gasteiger partial charge on any atom is -0.0654 e. The first kappa shape index (κ1) is 12.1. The first-order valence-electron chi connectivity index (χ1n) is 6.56. The molecule has 0 radical (unpaired) electrons. The van der Waals surface area contributed by atoms with E-state index in [4.69, 9.17) is 0 Å². The largest absolute Gasteiger partial charge is 0.0654 e. The molecule has 0 spiro atoms. The molecule has 1 aliphatic rings. The normalized spacial score (nSPS) is 33.4. The molecule has 0 saturated heterocycles. The maximum absolute atomic E-state index is 2.45. The van der Waals surface area contributed by atoms with Crippen molar-refractivity contribution in [1.82, 2.24) is 0 Å². The summed E-state index contributed by atoms with van der Waals surface area (Å²) in [5.74, 6) is 5.01. The van der Waals surface area contributed by atoms with E-state index in [1.807, 2.05) is 0 Å². The third kappa shape index (κ3) is 3.29. The number of hydrogen-bond acceptors (Lipinski definition) is 0. The van der Waals surface area contributed by atoms with Gasteiger partial charge in [0.05, 0.1) is 0 Å². The van der Waals surface area contributed by atoms with E-state index in [1.165, 1.54) is 25.7 Å². The average molecular weight is 196 g/mol. The highest BCUT2D eigenvalue weighted by Gasteiger charge is 2.45. The molecule has 84 valence electrons. The summed E-state index contributed by atoms with van der Waals surface area (Å²) in [4.78, 5) is 0. The standard InChI is InChI=1S/C14H28/c1-6-7-13-12(5)14(13)9-11(4)8-10(2)3/h10-14H,6-9H2,1-5H3. The second kappa shape index (κ2) is 5.19. The van der Waals surface area contributed by atoms with Crippen LogP contribution in [-0.2, 0) is 0 Å². The van der Waals surface area contributed by atoms with Crippen LogP contribution in [0.5, 0.6) is 0 Å². The van der Waals surface area contributed by atoms with Crippen molar-refractivity contribution in [3.8, 4) is 0 Å². The lowest BCUT2D eigenvalue weighted by Crippen LogP contribution is -2.02. The Kier molecular flexibility index (Phi) is 4.47. The summed E-state index contributed by atoms with van der Waals surface area (Å²) < 4.78 is 0. The molecule has 4 atom stereocenters. The van der Waals surface area contributed by atoms with Crippen molar-refractivity contribution in [1.29, 1.82) is 0 Å². The predicted molar refractivity (Wildman–Crippen MR) is 64.3 cm³/mol. The molecule has 0 aromatic carbocycles. The van der Waals surface area contributed by atoms with Gasteiger partial charge >= 0.3 is 0 Å². The molecule has 0 aromatic heterocycles. The third-order valence-corrected chi connectivity index (χ3v) is 3.93. The van der Waals surface area contributed by atoms with Gasteiger partial charge in [-0.05, 0) is 42.4 Å². The van der Waals surface area contributed by atoms with Gasteiger partial charge in [0.1, 0.15) is 0 Å². The fourth-order valence-electron chi connectivity index (χ4n) is 3.20. The molecule has 0 amide bonds. The predicted octanol–water partition coefficient (Wildman–Crippen LogP) is 4.74. The van der Waals surface area contributed by atoms with Gasteiger partial charge in [-0.1, -0.05) is 47.5 Å². The maximum Gasteiger partial charge on any atom is -0.0352 e. The Balaban J connectivity index is 2.19. The zero-order valence-electron chi connectivity index (χ0n) is 10.7. The Morgan fingerprint density at radius 1 is 1.07 bits per heavy atom. The van der Waals surface area contributed by atoms with Crippen molar-refractivity contribution in [2.45, 2.75) is 60.3 Å². The molecular weight excluding hydrogens is 168 g/mol. The van der Waals surface area contributed by atoms with Gasteiger partial charge in [-0.25, -0.2) is 0 Å². The fraction of sp³-hybridized carbons (Fsp3) is 1.00. The molecule has 0 nitrogen and oxygen atoms in total. The van der Waals surface area contributed by atoms with Gasteiger partial charge in [-0.2, -0.15) is 0 Å². The molecular formula is C14H28. The van der Waals surface area contributed by atoms with Gasteiger partial charge < -0.3 is 0 Å². The Bertz CT molecular complexity index is 159. The van der Waals surface area contributed by atoms with E-state index in [9.17, 15) is 0 Å². The monoisotopic (exact) mass is 196 g/mol. The van der Waals surface area contributed by atoms with Crippen LogP contribution in [0.1, 0.15) is 60.3 Å². The SMILES string of the molecule is CCCC1C(C)C1CC(C)CC(C)C. The van der Waals surface area contributed by atoms with E-state index in [0.29, 0.717) is 0 Å². The van der Waals surface area contributed by atoms with E-state index >= 15 is 0 Å². The van der Waals surface area contributed by atoms with Crippen LogP contribution in [0.2, 0.25) is 0 Å². The minimum atomic E-state index is 0.878. The van der Waals surface area contributed by atoms with Crippen LogP contribution in [0.25, 0.3) is 0 Å². The van der Waals surface area contributed by atoms with Crippen LogP contribution < -0.4 is 0 Å². The highest BCUT2D eigenvalue weighted by Crippen LogP contribution is 2.52. The Morgan fingerprint density at radius 3 is 2.21 bits per heavy atom. The van der Waals surface area contributed by atoms with Crippen molar-refractivity contribution in [3.63, 3.8) is 0 Å². The molecule has 0 aromatic rings. The quantitative estimate of drug-likeness (QED) is 0.575. The van der Waals surface area contributed by atoms with Crippen LogP contribution in [0, 0.1) is 29.6 Å². The van der Waals surface area contributed by atoms with Crippen molar-refractivity contribution < 1.29 is 0 Å². The van der Waals surface area contributed by atoms with Crippen LogP contribution in [0.15, 0.2) is 0 Å². The molecule has 0 aliphatic heterocycles. The maximum atomic E-state index is 2.45. The van der Waals surface area contributed by atoms with Crippen molar-refractivity contribution in [3.05, 3.63) is 0 Å². The van der Waals surface area contributed by atoms with E-state index in [1.54, 1.807) is 0 Å². The van der Waals surface area contributed by atoms with Crippen LogP contribution in [0.3, 0.4) is 0 Å². The highest BCUT2D eigenvalue weighted by molar-refractivity contribution is 4.94. The van der Waals surface area contributed by atoms with E-state index in [2.05, 4.69) is 34.6 Å². The molecule has 1 fully saturated rings. The number of hydrogen-bond donors (Lipinski definition) is 0. The summed E-state index contributed by atoms with van der Waals surface area (Å²) in [7, 11) is 0. The minimum absolute atomic E-state index is 0.878. The van der Waals surface area contributed by atoms with E-state index < -0.39 is 0 Å². The zero-order chi connectivity index (χ0) is 10.7. The third-order valence-electron chi connectivity index (χ3n) is 3.93. The molecule has 1 rings (SSSR count). The average Bonchev–Trinajstić information content (AvgIpc) is 2.62. The summed E-state index contributed by atoms with van der Waals surface area (Å²) in [6, 6.07) is 0. The highest BCUT2D eigenvalue weighted by atomic mass is 14.5. The second-order valence-electron chi connectivity index (χ2n) is 5.95. The van der Waals surface area contributed by atoms with Gasteiger partial charge in [-0.15, -0.1) is 0 Å². The zero-order valence-corrected chi connectivity index (χ0v) is 10.7. The van der Waals surface area contributed by atoms with Crippen LogP contribution in [-0.4, -0.2) is 0 Å². The van der Waals surface area contributed by atoms with Crippen molar-refractivity contribution in [2.24, 2.45) is 29.6 Å². The van der Waals surface area contributed by atoms with Crippen molar-refractivity contribution >= 4 is 0 Å². The Labute approximate surface area is 90.5 Å². The molecule has 14 heavy (non-hydrogen) atoms. The van der Waals surface area contributed by atoms with Crippen LogP contribution in [0.4, 0.5) is 0 Å². The molecule has 0 heterocycles. The molecule has 4 unspecified atom stereocenters. The summed E-state index contributed by atoms with van der Waals surface area (Å²) >= 11 is 0. The summed E-state index contributed by atoms with van der Waals surface area (Å²) in [5, 5.41) is 0. The smallest absolute Gasteiger partial charge is 0.0352 e.